The molecule has 0 saturated carbocycles. The van der Waals surface area contributed by atoms with Crippen molar-refractivity contribution < 1.29 is 18.0 Å². The van der Waals surface area contributed by atoms with Crippen molar-refractivity contribution in [2.75, 3.05) is 23.3 Å². The van der Waals surface area contributed by atoms with E-state index in [0.29, 0.717) is 24.6 Å². The molecule has 1 saturated heterocycles. The van der Waals surface area contributed by atoms with Gasteiger partial charge in [-0.3, -0.25) is 4.79 Å². The molecule has 3 rings (SSSR count). The molecule has 144 valence electrons. The van der Waals surface area contributed by atoms with Crippen LogP contribution in [0.5, 0.6) is 0 Å². The molecule has 8 heteroatoms. The quantitative estimate of drug-likeness (QED) is 0.878. The summed E-state index contributed by atoms with van der Waals surface area (Å²) in [4.78, 5) is 23.4. The molecule has 0 radical (unpaired) electrons. The number of anilines is 2. The van der Waals surface area contributed by atoms with Gasteiger partial charge in [-0.25, -0.2) is 9.97 Å². The van der Waals surface area contributed by atoms with Gasteiger partial charge in [-0.05, 0) is 57.0 Å². The summed E-state index contributed by atoms with van der Waals surface area (Å²) in [6, 6.07) is 6.36. The van der Waals surface area contributed by atoms with E-state index in [-0.39, 0.29) is 11.8 Å². The highest BCUT2D eigenvalue weighted by Gasteiger charge is 2.30. The Balaban J connectivity index is 1.66. The number of hydrogen-bond donors (Lipinski definition) is 1. The Labute approximate surface area is 155 Å². The summed E-state index contributed by atoms with van der Waals surface area (Å²) in [7, 11) is 0. The first-order valence-corrected chi connectivity index (χ1v) is 8.78. The van der Waals surface area contributed by atoms with Crippen molar-refractivity contribution in [1.82, 2.24) is 9.97 Å². The average molecular weight is 378 g/mol. The maximum absolute atomic E-state index is 12.6. The molecule has 1 fully saturated rings. The molecule has 0 aliphatic carbocycles. The van der Waals surface area contributed by atoms with E-state index >= 15 is 0 Å². The molecule has 0 spiro atoms. The Hall–Kier alpha value is -2.64. The standard InChI is InChI=1S/C19H21F3N4O/c1-12-10-13(2)24-18(23-12)26-9-3-4-14(11-26)17(27)25-16-7-5-15(6-8-16)19(20,21)22/h5-8,10,14H,3-4,9,11H2,1-2H3,(H,25,27). The number of carbonyl (C=O) groups excluding carboxylic acids is 1. The van der Waals surface area contributed by atoms with Crippen LogP contribution in [0.15, 0.2) is 30.3 Å². The van der Waals surface area contributed by atoms with Gasteiger partial charge in [0.1, 0.15) is 0 Å². The van der Waals surface area contributed by atoms with Crippen LogP contribution < -0.4 is 10.2 Å². The zero-order valence-corrected chi connectivity index (χ0v) is 15.2. The van der Waals surface area contributed by atoms with Gasteiger partial charge in [-0.15, -0.1) is 0 Å². The number of nitrogens with one attached hydrogen (secondary N) is 1. The minimum Gasteiger partial charge on any atom is -0.340 e. The third kappa shape index (κ3) is 4.75. The van der Waals surface area contributed by atoms with E-state index in [0.717, 1.165) is 36.5 Å². The Bertz CT molecular complexity index is 800. The van der Waals surface area contributed by atoms with Crippen molar-refractivity contribution in [3.8, 4) is 0 Å². The van der Waals surface area contributed by atoms with E-state index in [4.69, 9.17) is 0 Å². The zero-order chi connectivity index (χ0) is 19.6. The summed E-state index contributed by atoms with van der Waals surface area (Å²) < 4.78 is 37.9. The zero-order valence-electron chi connectivity index (χ0n) is 15.2. The van der Waals surface area contributed by atoms with Gasteiger partial charge in [0, 0.05) is 30.2 Å². The van der Waals surface area contributed by atoms with Crippen LogP contribution in [-0.4, -0.2) is 29.0 Å². The van der Waals surface area contributed by atoms with Crippen molar-refractivity contribution >= 4 is 17.5 Å². The van der Waals surface area contributed by atoms with Crippen LogP contribution in [0.2, 0.25) is 0 Å². The van der Waals surface area contributed by atoms with Crippen molar-refractivity contribution in [3.05, 3.63) is 47.3 Å². The highest BCUT2D eigenvalue weighted by molar-refractivity contribution is 5.93. The van der Waals surface area contributed by atoms with Gasteiger partial charge < -0.3 is 10.2 Å². The van der Waals surface area contributed by atoms with Crippen molar-refractivity contribution in [3.63, 3.8) is 0 Å². The lowest BCUT2D eigenvalue weighted by atomic mass is 9.97. The Morgan fingerprint density at radius 3 is 2.37 bits per heavy atom. The number of nitrogens with zero attached hydrogens (tertiary/aromatic N) is 3. The van der Waals surface area contributed by atoms with Crippen molar-refractivity contribution in [2.24, 2.45) is 5.92 Å². The molecule has 1 aromatic carbocycles. The molecule has 1 N–H and O–H groups in total. The molecule has 0 bridgehead atoms. The maximum Gasteiger partial charge on any atom is 0.416 e. The van der Waals surface area contributed by atoms with Crippen LogP contribution >= 0.6 is 0 Å². The molecule has 5 nitrogen and oxygen atoms in total. The van der Waals surface area contributed by atoms with E-state index in [1.54, 1.807) is 0 Å². The maximum atomic E-state index is 12.6. The number of aryl methyl sites for hydroxylation is 2. The summed E-state index contributed by atoms with van der Waals surface area (Å²) in [6.45, 7) is 5.05. The minimum absolute atomic E-state index is 0.205. The van der Waals surface area contributed by atoms with Crippen LogP contribution in [0.25, 0.3) is 0 Å². The number of halogens is 3. The number of alkyl halides is 3. The monoisotopic (exact) mass is 378 g/mol. The molecular weight excluding hydrogens is 357 g/mol. The van der Waals surface area contributed by atoms with E-state index < -0.39 is 11.7 Å². The predicted molar refractivity (Wildman–Crippen MR) is 96.5 cm³/mol. The summed E-state index contributed by atoms with van der Waals surface area (Å²) in [5.74, 6) is 0.133. The van der Waals surface area contributed by atoms with Crippen LogP contribution in [-0.2, 0) is 11.0 Å². The molecule has 1 aliphatic rings. The third-order valence-corrected chi connectivity index (χ3v) is 4.53. The first kappa shape index (κ1) is 19.1. The Morgan fingerprint density at radius 2 is 1.78 bits per heavy atom. The second kappa shape index (κ2) is 7.54. The highest BCUT2D eigenvalue weighted by atomic mass is 19.4. The van der Waals surface area contributed by atoms with E-state index in [1.165, 1.54) is 12.1 Å². The number of aromatic nitrogens is 2. The van der Waals surface area contributed by atoms with Crippen LogP contribution in [0.1, 0.15) is 29.8 Å². The van der Waals surface area contributed by atoms with Crippen LogP contribution in [0.4, 0.5) is 24.8 Å². The SMILES string of the molecule is Cc1cc(C)nc(N2CCCC(C(=O)Nc3ccc(C(F)(F)F)cc3)C2)n1. The molecule has 1 aliphatic heterocycles. The van der Waals surface area contributed by atoms with Gasteiger partial charge in [-0.2, -0.15) is 13.2 Å². The molecule has 1 atom stereocenters. The van der Waals surface area contributed by atoms with Crippen molar-refractivity contribution in [1.29, 1.82) is 0 Å². The molecule has 1 unspecified atom stereocenters. The van der Waals surface area contributed by atoms with E-state index in [2.05, 4.69) is 15.3 Å². The predicted octanol–water partition coefficient (Wildman–Crippen LogP) is 3.97. The molecule has 2 aromatic rings. The van der Waals surface area contributed by atoms with Crippen molar-refractivity contribution in [2.45, 2.75) is 32.9 Å². The van der Waals surface area contributed by atoms with Gasteiger partial charge in [0.15, 0.2) is 0 Å². The average Bonchev–Trinajstić information content (AvgIpc) is 2.61. The second-order valence-electron chi connectivity index (χ2n) is 6.80. The molecule has 1 amide bonds. The fourth-order valence-electron chi connectivity index (χ4n) is 3.21. The normalized spacial score (nSPS) is 17.7. The molecular formula is C19H21F3N4O. The Morgan fingerprint density at radius 1 is 1.15 bits per heavy atom. The lowest BCUT2D eigenvalue weighted by molar-refractivity contribution is -0.137. The van der Waals surface area contributed by atoms with Gasteiger partial charge in [0.05, 0.1) is 11.5 Å². The number of amides is 1. The van der Waals surface area contributed by atoms with E-state index in [9.17, 15) is 18.0 Å². The van der Waals surface area contributed by atoms with Crippen LogP contribution in [0.3, 0.4) is 0 Å². The smallest absolute Gasteiger partial charge is 0.340 e. The molecule has 1 aromatic heterocycles. The summed E-state index contributed by atoms with van der Waals surface area (Å²) in [6.07, 6.45) is -2.85. The first-order chi connectivity index (χ1) is 12.7. The topological polar surface area (TPSA) is 58.1 Å². The van der Waals surface area contributed by atoms with Gasteiger partial charge in [0.2, 0.25) is 11.9 Å². The van der Waals surface area contributed by atoms with Gasteiger partial charge in [0.25, 0.3) is 0 Å². The summed E-state index contributed by atoms with van der Waals surface area (Å²) in [5, 5.41) is 2.71. The first-order valence-electron chi connectivity index (χ1n) is 8.78. The number of hydrogen-bond acceptors (Lipinski definition) is 4. The minimum atomic E-state index is -4.39. The number of rotatable bonds is 3. The van der Waals surface area contributed by atoms with Gasteiger partial charge >= 0.3 is 6.18 Å². The fraction of sp³-hybridized carbons (Fsp3) is 0.421. The van der Waals surface area contributed by atoms with E-state index in [1.807, 2.05) is 24.8 Å². The largest absolute Gasteiger partial charge is 0.416 e. The second-order valence-corrected chi connectivity index (χ2v) is 6.80. The number of carbonyl (C=O) groups is 1. The lowest BCUT2D eigenvalue weighted by Crippen LogP contribution is -2.41. The molecule has 27 heavy (non-hydrogen) atoms. The highest BCUT2D eigenvalue weighted by Crippen LogP contribution is 2.30. The summed E-state index contributed by atoms with van der Waals surface area (Å²) in [5.41, 5.74) is 1.35. The Kier molecular flexibility index (Phi) is 5.34. The van der Waals surface area contributed by atoms with Crippen LogP contribution in [0, 0.1) is 19.8 Å². The number of piperidine rings is 1. The fourth-order valence-corrected chi connectivity index (χ4v) is 3.21. The third-order valence-electron chi connectivity index (χ3n) is 4.53. The number of benzene rings is 1. The lowest BCUT2D eigenvalue weighted by Gasteiger charge is -2.32. The summed E-state index contributed by atoms with van der Waals surface area (Å²) >= 11 is 0. The molecule has 2 heterocycles. The van der Waals surface area contributed by atoms with Gasteiger partial charge in [-0.1, -0.05) is 0 Å².